The summed E-state index contributed by atoms with van der Waals surface area (Å²) < 4.78 is 0. The zero-order chi connectivity index (χ0) is 10.7. The van der Waals surface area contributed by atoms with Gasteiger partial charge < -0.3 is 4.90 Å². The van der Waals surface area contributed by atoms with Crippen LogP contribution in [0.2, 0.25) is 0 Å². The molecule has 0 aromatic rings. The Bertz CT molecular complexity index is 278. The highest BCUT2D eigenvalue weighted by Crippen LogP contribution is 2.30. The normalized spacial score (nSPS) is 27.3. The first kappa shape index (κ1) is 10.5. The number of hydrogen-bond acceptors (Lipinski definition) is 2. The molecule has 0 bridgehead atoms. The molecule has 0 aromatic carbocycles. The molecule has 15 heavy (non-hydrogen) atoms. The molecular weight excluding hydrogens is 188 g/mol. The maximum absolute atomic E-state index is 11.6. The fraction of sp³-hybridized carbons (Fsp3) is 0.833. The Labute approximate surface area is 91.1 Å². The minimum atomic E-state index is 0.0732. The lowest BCUT2D eigenvalue weighted by atomic mass is 9.83. The molecule has 2 fully saturated rings. The lowest BCUT2D eigenvalue weighted by Gasteiger charge is -2.33. The van der Waals surface area contributed by atoms with E-state index in [2.05, 4.69) is 6.07 Å². The Morgan fingerprint density at radius 3 is 2.80 bits per heavy atom. The number of likely N-dealkylation sites (tertiary alicyclic amines) is 1. The number of piperidine rings is 1. The van der Waals surface area contributed by atoms with E-state index in [1.54, 1.807) is 0 Å². The first-order valence-electron chi connectivity index (χ1n) is 5.97. The minimum Gasteiger partial charge on any atom is -0.341 e. The van der Waals surface area contributed by atoms with Crippen molar-refractivity contribution < 1.29 is 4.79 Å². The first-order valence-corrected chi connectivity index (χ1v) is 5.97. The highest BCUT2D eigenvalue weighted by atomic mass is 16.2. The van der Waals surface area contributed by atoms with E-state index in [1.165, 1.54) is 19.3 Å². The third-order valence-electron chi connectivity index (χ3n) is 3.71. The molecule has 1 atom stereocenters. The van der Waals surface area contributed by atoms with Gasteiger partial charge in [-0.3, -0.25) is 4.79 Å². The average molecular weight is 206 g/mol. The lowest BCUT2D eigenvalue weighted by molar-refractivity contribution is -0.134. The summed E-state index contributed by atoms with van der Waals surface area (Å²) in [5, 5.41) is 8.84. The summed E-state index contributed by atoms with van der Waals surface area (Å²) >= 11 is 0. The molecule has 1 heterocycles. The van der Waals surface area contributed by atoms with E-state index in [0.717, 1.165) is 25.3 Å². The standard InChI is InChI=1S/C12H18N2O/c13-8-11-4-5-12(15)14(9-11)7-6-10-2-1-3-10/h10-11H,1-7,9H2. The summed E-state index contributed by atoms with van der Waals surface area (Å²) in [6, 6.07) is 2.28. The van der Waals surface area contributed by atoms with Crippen LogP contribution in [0.3, 0.4) is 0 Å². The number of nitrogens with zero attached hydrogens (tertiary/aromatic N) is 2. The van der Waals surface area contributed by atoms with Crippen LogP contribution in [0.25, 0.3) is 0 Å². The molecule has 2 rings (SSSR count). The van der Waals surface area contributed by atoms with Crippen LogP contribution in [0, 0.1) is 23.2 Å². The summed E-state index contributed by atoms with van der Waals surface area (Å²) in [7, 11) is 0. The van der Waals surface area contributed by atoms with E-state index in [0.29, 0.717) is 13.0 Å². The van der Waals surface area contributed by atoms with Gasteiger partial charge >= 0.3 is 0 Å². The number of rotatable bonds is 3. The van der Waals surface area contributed by atoms with Gasteiger partial charge in [0.05, 0.1) is 12.0 Å². The molecule has 0 spiro atoms. The third-order valence-corrected chi connectivity index (χ3v) is 3.71. The maximum Gasteiger partial charge on any atom is 0.222 e. The van der Waals surface area contributed by atoms with Crippen LogP contribution in [0.4, 0.5) is 0 Å². The Morgan fingerprint density at radius 2 is 2.20 bits per heavy atom. The predicted octanol–water partition coefficient (Wildman–Crippen LogP) is 1.94. The van der Waals surface area contributed by atoms with Crippen molar-refractivity contribution in [2.75, 3.05) is 13.1 Å². The lowest BCUT2D eigenvalue weighted by Crippen LogP contribution is -2.40. The van der Waals surface area contributed by atoms with Crippen molar-refractivity contribution in [1.29, 1.82) is 5.26 Å². The van der Waals surface area contributed by atoms with Crippen molar-refractivity contribution in [3.05, 3.63) is 0 Å². The molecule has 1 aliphatic carbocycles. The second-order valence-corrected chi connectivity index (χ2v) is 4.79. The van der Waals surface area contributed by atoms with Gasteiger partial charge in [0, 0.05) is 19.5 Å². The van der Waals surface area contributed by atoms with Gasteiger partial charge in [-0.05, 0) is 18.8 Å². The highest BCUT2D eigenvalue weighted by molar-refractivity contribution is 5.77. The molecule has 82 valence electrons. The van der Waals surface area contributed by atoms with Crippen molar-refractivity contribution in [2.24, 2.45) is 11.8 Å². The number of nitriles is 1. The summed E-state index contributed by atoms with van der Waals surface area (Å²) in [5.41, 5.74) is 0. The number of amides is 1. The van der Waals surface area contributed by atoms with Crippen LogP contribution in [-0.2, 0) is 4.79 Å². The van der Waals surface area contributed by atoms with Crippen LogP contribution in [-0.4, -0.2) is 23.9 Å². The smallest absolute Gasteiger partial charge is 0.222 e. The molecule has 2 aliphatic rings. The molecule has 1 saturated heterocycles. The quantitative estimate of drug-likeness (QED) is 0.708. The molecule has 0 aromatic heterocycles. The van der Waals surface area contributed by atoms with Gasteiger partial charge in [-0.1, -0.05) is 19.3 Å². The van der Waals surface area contributed by atoms with Gasteiger partial charge in [0.2, 0.25) is 5.91 Å². The van der Waals surface area contributed by atoms with Gasteiger partial charge in [-0.15, -0.1) is 0 Å². The molecule has 1 aliphatic heterocycles. The maximum atomic E-state index is 11.6. The average Bonchev–Trinajstić information content (AvgIpc) is 2.18. The van der Waals surface area contributed by atoms with E-state index in [9.17, 15) is 4.79 Å². The van der Waals surface area contributed by atoms with Gasteiger partial charge in [-0.25, -0.2) is 0 Å². The van der Waals surface area contributed by atoms with E-state index >= 15 is 0 Å². The Hall–Kier alpha value is -1.04. The van der Waals surface area contributed by atoms with E-state index < -0.39 is 0 Å². The predicted molar refractivity (Wildman–Crippen MR) is 56.9 cm³/mol. The van der Waals surface area contributed by atoms with Crippen LogP contribution >= 0.6 is 0 Å². The first-order chi connectivity index (χ1) is 7.29. The molecule has 0 N–H and O–H groups in total. The largest absolute Gasteiger partial charge is 0.341 e. The zero-order valence-corrected chi connectivity index (χ0v) is 9.11. The van der Waals surface area contributed by atoms with Crippen molar-refractivity contribution >= 4 is 5.91 Å². The number of carbonyl (C=O) groups excluding carboxylic acids is 1. The summed E-state index contributed by atoms with van der Waals surface area (Å²) in [5.74, 6) is 1.17. The van der Waals surface area contributed by atoms with Crippen LogP contribution in [0.5, 0.6) is 0 Å². The monoisotopic (exact) mass is 206 g/mol. The second-order valence-electron chi connectivity index (χ2n) is 4.79. The summed E-state index contributed by atoms with van der Waals surface area (Å²) in [4.78, 5) is 13.5. The number of carbonyl (C=O) groups is 1. The highest BCUT2D eigenvalue weighted by Gasteiger charge is 2.26. The van der Waals surface area contributed by atoms with Crippen molar-refractivity contribution in [3.8, 4) is 6.07 Å². The van der Waals surface area contributed by atoms with Crippen molar-refractivity contribution in [1.82, 2.24) is 4.90 Å². The molecule has 1 saturated carbocycles. The van der Waals surface area contributed by atoms with Gasteiger partial charge in [0.1, 0.15) is 0 Å². The van der Waals surface area contributed by atoms with Crippen LogP contribution in [0.1, 0.15) is 38.5 Å². The Balaban J connectivity index is 1.78. The van der Waals surface area contributed by atoms with Gasteiger partial charge in [0.25, 0.3) is 0 Å². The van der Waals surface area contributed by atoms with E-state index in [1.807, 2.05) is 4.90 Å². The molecule has 3 nitrogen and oxygen atoms in total. The fourth-order valence-corrected chi connectivity index (χ4v) is 2.36. The Kier molecular flexibility index (Phi) is 3.25. The van der Waals surface area contributed by atoms with E-state index in [-0.39, 0.29) is 11.8 Å². The van der Waals surface area contributed by atoms with E-state index in [4.69, 9.17) is 5.26 Å². The van der Waals surface area contributed by atoms with Crippen molar-refractivity contribution in [3.63, 3.8) is 0 Å². The zero-order valence-electron chi connectivity index (χ0n) is 9.11. The van der Waals surface area contributed by atoms with Crippen LogP contribution in [0.15, 0.2) is 0 Å². The third kappa shape index (κ3) is 2.50. The topological polar surface area (TPSA) is 44.1 Å². The summed E-state index contributed by atoms with van der Waals surface area (Å²) in [6.07, 6.45) is 6.51. The number of hydrogen-bond donors (Lipinski definition) is 0. The molecule has 1 amide bonds. The summed E-state index contributed by atoms with van der Waals surface area (Å²) in [6.45, 7) is 1.55. The molecular formula is C12H18N2O. The Morgan fingerprint density at radius 1 is 1.40 bits per heavy atom. The SMILES string of the molecule is N#CC1CCC(=O)N(CCC2CCC2)C1. The minimum absolute atomic E-state index is 0.0732. The molecule has 0 radical (unpaired) electrons. The fourth-order valence-electron chi connectivity index (χ4n) is 2.36. The van der Waals surface area contributed by atoms with Crippen molar-refractivity contribution in [2.45, 2.75) is 38.5 Å². The molecule has 3 heteroatoms. The van der Waals surface area contributed by atoms with Gasteiger partial charge in [-0.2, -0.15) is 5.26 Å². The second kappa shape index (κ2) is 4.65. The van der Waals surface area contributed by atoms with Crippen LogP contribution < -0.4 is 0 Å². The molecule has 1 unspecified atom stereocenters. The van der Waals surface area contributed by atoms with Gasteiger partial charge in [0.15, 0.2) is 0 Å².